The first-order chi connectivity index (χ1) is 12.5. The van der Waals surface area contributed by atoms with Crippen molar-refractivity contribution in [1.82, 2.24) is 4.98 Å². The molecule has 3 rings (SSSR count). The Hall–Kier alpha value is -3.46. The zero-order valence-corrected chi connectivity index (χ0v) is 13.5. The van der Waals surface area contributed by atoms with Crippen molar-refractivity contribution in [2.75, 3.05) is 10.6 Å². The lowest BCUT2D eigenvalue weighted by Gasteiger charge is -2.12. The molecule has 0 saturated heterocycles. The number of hydrogen-bond acceptors (Lipinski definition) is 6. The minimum atomic E-state index is -1.61. The number of nitrogens with zero attached hydrogens (tertiary/aromatic N) is 1. The van der Waals surface area contributed by atoms with E-state index in [0.717, 1.165) is 5.56 Å². The molecule has 1 aromatic carbocycles. The maximum absolute atomic E-state index is 12.0. The fourth-order valence-electron chi connectivity index (χ4n) is 2.41. The molecule has 26 heavy (non-hydrogen) atoms. The molecule has 3 N–H and O–H groups in total. The number of rotatable bonds is 4. The van der Waals surface area contributed by atoms with Crippen LogP contribution >= 0.6 is 0 Å². The molecule has 2 aromatic rings. The Morgan fingerprint density at radius 2 is 1.85 bits per heavy atom. The summed E-state index contributed by atoms with van der Waals surface area (Å²) in [6.45, 7) is 0.451. The van der Waals surface area contributed by atoms with Crippen LogP contribution in [0.1, 0.15) is 16.7 Å². The summed E-state index contributed by atoms with van der Waals surface area (Å²) in [4.78, 5) is 38.0. The van der Waals surface area contributed by atoms with Crippen LogP contribution in [-0.4, -0.2) is 28.1 Å². The molecule has 0 atom stereocenters. The van der Waals surface area contributed by atoms with Gasteiger partial charge in [-0.3, -0.25) is 10.1 Å². The third-order valence-corrected chi connectivity index (χ3v) is 3.67. The second-order valence-electron chi connectivity index (χ2n) is 5.42. The monoisotopic (exact) mass is 357 g/mol. The van der Waals surface area contributed by atoms with Gasteiger partial charge in [0.1, 0.15) is 12.4 Å². The topological polar surface area (TPSA) is 127 Å². The summed E-state index contributed by atoms with van der Waals surface area (Å²) in [6, 6.07) is 9.20. The van der Waals surface area contributed by atoms with Crippen LogP contribution in [0.15, 0.2) is 36.5 Å². The van der Waals surface area contributed by atoms with Gasteiger partial charge in [-0.2, -0.15) is 0 Å². The number of aromatic nitrogens is 1. The van der Waals surface area contributed by atoms with E-state index >= 15 is 0 Å². The summed E-state index contributed by atoms with van der Waals surface area (Å²) in [6.07, 6.45) is 0.582. The average Bonchev–Trinajstić information content (AvgIpc) is 3.13. The van der Waals surface area contributed by atoms with Gasteiger partial charge in [0.05, 0.1) is 25.1 Å². The van der Waals surface area contributed by atoms with Crippen molar-refractivity contribution in [2.24, 2.45) is 0 Å². The van der Waals surface area contributed by atoms with E-state index in [4.69, 9.17) is 14.6 Å². The van der Waals surface area contributed by atoms with Crippen molar-refractivity contribution < 1.29 is 29.0 Å². The zero-order valence-electron chi connectivity index (χ0n) is 13.5. The standard InChI is InChI=1S/C17H15N3O6/c21-15(16(22)23)19-13-6-18-14(12-9-25-8-11(12)13)20-17(24)26-7-10-4-2-1-3-5-10/h1-6H,7-9H2,(H,19,21)(H,22,23)(H,18,20,24). The van der Waals surface area contributed by atoms with Gasteiger partial charge in [0.2, 0.25) is 0 Å². The third kappa shape index (κ3) is 3.95. The number of ether oxygens (including phenoxy) is 2. The highest BCUT2D eigenvalue weighted by molar-refractivity contribution is 6.36. The normalized spacial score (nSPS) is 12.2. The molecule has 0 bridgehead atoms. The second-order valence-corrected chi connectivity index (χ2v) is 5.42. The Balaban J connectivity index is 1.69. The predicted octanol–water partition coefficient (Wildman–Crippen LogP) is 1.88. The van der Waals surface area contributed by atoms with E-state index in [1.165, 1.54) is 6.20 Å². The Morgan fingerprint density at radius 3 is 2.58 bits per heavy atom. The van der Waals surface area contributed by atoms with E-state index in [1.807, 2.05) is 30.3 Å². The Morgan fingerprint density at radius 1 is 1.12 bits per heavy atom. The van der Waals surface area contributed by atoms with Gasteiger partial charge >= 0.3 is 18.0 Å². The van der Waals surface area contributed by atoms with Crippen LogP contribution in [0.4, 0.5) is 16.3 Å². The summed E-state index contributed by atoms with van der Waals surface area (Å²) in [7, 11) is 0. The molecule has 9 heteroatoms. The van der Waals surface area contributed by atoms with E-state index in [9.17, 15) is 14.4 Å². The molecule has 0 aliphatic carbocycles. The molecule has 0 fully saturated rings. The number of hydrogen-bond donors (Lipinski definition) is 3. The lowest BCUT2D eigenvalue weighted by molar-refractivity contribution is -0.147. The van der Waals surface area contributed by atoms with Gasteiger partial charge in [0.15, 0.2) is 0 Å². The number of nitrogens with one attached hydrogen (secondary N) is 2. The van der Waals surface area contributed by atoms with Crippen LogP contribution in [0.3, 0.4) is 0 Å². The maximum Gasteiger partial charge on any atom is 0.413 e. The van der Waals surface area contributed by atoms with Crippen LogP contribution in [-0.2, 0) is 38.9 Å². The van der Waals surface area contributed by atoms with Crippen LogP contribution in [0, 0.1) is 0 Å². The first-order valence-corrected chi connectivity index (χ1v) is 7.65. The average molecular weight is 357 g/mol. The third-order valence-electron chi connectivity index (χ3n) is 3.67. The minimum Gasteiger partial charge on any atom is -0.474 e. The maximum atomic E-state index is 12.0. The van der Waals surface area contributed by atoms with Crippen molar-refractivity contribution in [2.45, 2.75) is 19.8 Å². The van der Waals surface area contributed by atoms with Gasteiger partial charge in [-0.25, -0.2) is 14.6 Å². The highest BCUT2D eigenvalue weighted by Crippen LogP contribution is 2.31. The molecular formula is C17H15N3O6. The van der Waals surface area contributed by atoms with E-state index in [1.54, 1.807) is 0 Å². The SMILES string of the molecule is O=C(Nc1ncc(NC(=O)C(=O)O)c2c1COC2)OCc1ccccc1. The van der Waals surface area contributed by atoms with Crippen LogP contribution in [0.5, 0.6) is 0 Å². The predicted molar refractivity (Wildman–Crippen MR) is 89.2 cm³/mol. The molecule has 1 aromatic heterocycles. The van der Waals surface area contributed by atoms with E-state index in [0.29, 0.717) is 11.1 Å². The molecule has 0 spiro atoms. The first kappa shape index (κ1) is 17.4. The summed E-state index contributed by atoms with van der Waals surface area (Å²) >= 11 is 0. The largest absolute Gasteiger partial charge is 0.474 e. The Kier molecular flexibility index (Phi) is 5.09. The number of carboxylic acid groups (broad SMARTS) is 1. The van der Waals surface area contributed by atoms with E-state index in [2.05, 4.69) is 15.6 Å². The highest BCUT2D eigenvalue weighted by atomic mass is 16.5. The number of carbonyl (C=O) groups is 3. The number of amides is 2. The number of carboxylic acids is 1. The fraction of sp³-hybridized carbons (Fsp3) is 0.176. The molecule has 134 valence electrons. The van der Waals surface area contributed by atoms with Gasteiger partial charge in [-0.1, -0.05) is 30.3 Å². The lowest BCUT2D eigenvalue weighted by Crippen LogP contribution is -2.23. The molecule has 0 saturated carbocycles. The van der Waals surface area contributed by atoms with Crippen molar-refractivity contribution in [3.8, 4) is 0 Å². The smallest absolute Gasteiger partial charge is 0.413 e. The molecule has 1 aliphatic rings. The van der Waals surface area contributed by atoms with Gasteiger partial charge < -0.3 is 19.9 Å². The van der Waals surface area contributed by atoms with Crippen LogP contribution < -0.4 is 10.6 Å². The molecule has 0 radical (unpaired) electrons. The summed E-state index contributed by atoms with van der Waals surface area (Å²) < 4.78 is 10.5. The van der Waals surface area contributed by atoms with Gasteiger partial charge in [-0.05, 0) is 5.56 Å². The number of pyridine rings is 1. The van der Waals surface area contributed by atoms with Crippen LogP contribution in [0.2, 0.25) is 0 Å². The molecule has 9 nitrogen and oxygen atoms in total. The van der Waals surface area contributed by atoms with Gasteiger partial charge in [-0.15, -0.1) is 0 Å². The number of anilines is 2. The quantitative estimate of drug-likeness (QED) is 0.713. The molecule has 1 aliphatic heterocycles. The van der Waals surface area contributed by atoms with Crippen molar-refractivity contribution in [3.63, 3.8) is 0 Å². The number of carbonyl (C=O) groups excluding carboxylic acids is 2. The molecule has 2 amide bonds. The summed E-state index contributed by atoms with van der Waals surface area (Å²) in [5.74, 6) is -2.54. The first-order valence-electron chi connectivity index (χ1n) is 7.65. The van der Waals surface area contributed by atoms with Crippen molar-refractivity contribution in [3.05, 3.63) is 53.2 Å². The fourth-order valence-corrected chi connectivity index (χ4v) is 2.41. The van der Waals surface area contributed by atoms with Crippen molar-refractivity contribution in [1.29, 1.82) is 0 Å². The number of aliphatic carboxylic acids is 1. The highest BCUT2D eigenvalue weighted by Gasteiger charge is 2.24. The number of benzene rings is 1. The van der Waals surface area contributed by atoms with Gasteiger partial charge in [0, 0.05) is 11.1 Å². The second kappa shape index (κ2) is 7.62. The van der Waals surface area contributed by atoms with Gasteiger partial charge in [0.25, 0.3) is 0 Å². The molecular weight excluding hydrogens is 342 g/mol. The van der Waals surface area contributed by atoms with Crippen LogP contribution in [0.25, 0.3) is 0 Å². The summed E-state index contributed by atoms with van der Waals surface area (Å²) in [5.41, 5.74) is 2.20. The Bertz CT molecular complexity index is 853. The minimum absolute atomic E-state index is 0.109. The molecule has 0 unspecified atom stereocenters. The van der Waals surface area contributed by atoms with E-state index in [-0.39, 0.29) is 31.3 Å². The van der Waals surface area contributed by atoms with E-state index < -0.39 is 18.0 Å². The zero-order chi connectivity index (χ0) is 18.5. The van der Waals surface area contributed by atoms with Crippen molar-refractivity contribution >= 4 is 29.5 Å². The summed E-state index contributed by atoms with van der Waals surface area (Å²) in [5, 5.41) is 13.5. The molecule has 2 heterocycles. The number of fused-ring (bicyclic) bond motifs is 1. The lowest BCUT2D eigenvalue weighted by atomic mass is 10.1. The Labute approximate surface area is 147 Å².